The second-order valence-electron chi connectivity index (χ2n) is 4.73. The molecule has 1 rings (SSSR count). The Morgan fingerprint density at radius 1 is 1.14 bits per heavy atom. The van der Waals surface area contributed by atoms with Gasteiger partial charge in [-0.15, -0.1) is 0 Å². The third-order valence-electron chi connectivity index (χ3n) is 3.45. The second-order valence-corrected chi connectivity index (χ2v) is 7.10. The molecule has 0 saturated carbocycles. The Morgan fingerprint density at radius 2 is 1.71 bits per heavy atom. The van der Waals surface area contributed by atoms with E-state index in [1.165, 1.54) is 0 Å². The Morgan fingerprint density at radius 3 is 2.14 bits per heavy atom. The van der Waals surface area contributed by atoms with Crippen molar-refractivity contribution in [2.75, 3.05) is 33.3 Å². The summed E-state index contributed by atoms with van der Waals surface area (Å²) >= 11 is 18.3. The lowest BCUT2D eigenvalue weighted by molar-refractivity contribution is 0.296. The van der Waals surface area contributed by atoms with Crippen LogP contribution in [0.2, 0.25) is 0 Å². The topological polar surface area (TPSA) is 24.5 Å². The Hall–Kier alpha value is -0.190. The predicted octanol–water partition coefficient (Wildman–Crippen LogP) is 4.04. The van der Waals surface area contributed by atoms with E-state index in [0.717, 1.165) is 37.5 Å². The molecule has 0 aliphatic rings. The summed E-state index contributed by atoms with van der Waals surface area (Å²) in [6.45, 7) is 7.98. The highest BCUT2D eigenvalue weighted by Crippen LogP contribution is 2.40. The van der Waals surface area contributed by atoms with Crippen molar-refractivity contribution in [3.05, 3.63) is 29.8 Å². The molecule has 1 aromatic carbocycles. The van der Waals surface area contributed by atoms with Crippen molar-refractivity contribution in [1.82, 2.24) is 10.2 Å². The quantitative estimate of drug-likeness (QED) is 0.714. The minimum absolute atomic E-state index is 0.357. The summed E-state index contributed by atoms with van der Waals surface area (Å²) in [7, 11) is 1.63. The van der Waals surface area contributed by atoms with Gasteiger partial charge in [0.25, 0.3) is 0 Å². The van der Waals surface area contributed by atoms with Crippen LogP contribution in [-0.2, 0) is 0 Å². The molecule has 0 bridgehead atoms. The number of nitrogens with zero attached hydrogens (tertiary/aromatic N) is 1. The summed E-state index contributed by atoms with van der Waals surface area (Å²) < 4.78 is 3.75. The van der Waals surface area contributed by atoms with Crippen molar-refractivity contribution in [1.29, 1.82) is 0 Å². The Balaban J connectivity index is 2.72. The van der Waals surface area contributed by atoms with E-state index in [0.29, 0.717) is 0 Å². The van der Waals surface area contributed by atoms with Gasteiger partial charge in [0.15, 0.2) is 0 Å². The number of alkyl halides is 3. The number of hydrogen-bond donors (Lipinski definition) is 1. The van der Waals surface area contributed by atoms with Crippen molar-refractivity contribution in [2.45, 2.75) is 23.7 Å². The molecule has 6 heteroatoms. The van der Waals surface area contributed by atoms with Crippen LogP contribution in [0.5, 0.6) is 5.75 Å². The maximum atomic E-state index is 6.11. The highest BCUT2D eigenvalue weighted by Gasteiger charge is 2.33. The van der Waals surface area contributed by atoms with Gasteiger partial charge in [0.05, 0.1) is 13.2 Å². The standard InChI is InChI=1S/C15H23Cl3N2O/c1-4-20(5-2)11-10-19-14(15(16,17)18)12-6-8-13(21-3)9-7-12/h6-9,14,19H,4-5,10-11H2,1-3H3/t14-/m1/s1. The van der Waals surface area contributed by atoms with Gasteiger partial charge >= 0.3 is 0 Å². The molecule has 0 spiro atoms. The third-order valence-corrected chi connectivity index (χ3v) is 4.10. The molecule has 0 radical (unpaired) electrons. The van der Waals surface area contributed by atoms with Gasteiger partial charge < -0.3 is 15.0 Å². The monoisotopic (exact) mass is 352 g/mol. The maximum absolute atomic E-state index is 6.11. The molecule has 0 amide bonds. The summed E-state index contributed by atoms with van der Waals surface area (Å²) in [4.78, 5) is 2.32. The normalized spacial score (nSPS) is 13.5. The van der Waals surface area contributed by atoms with Crippen LogP contribution in [0.1, 0.15) is 25.5 Å². The molecule has 1 aromatic rings. The summed E-state index contributed by atoms with van der Waals surface area (Å²) in [5, 5.41) is 3.33. The zero-order chi connectivity index (χ0) is 15.9. The molecule has 21 heavy (non-hydrogen) atoms. The number of hydrogen-bond acceptors (Lipinski definition) is 3. The summed E-state index contributed by atoms with van der Waals surface area (Å²) in [5.74, 6) is 0.782. The lowest BCUT2D eigenvalue weighted by Crippen LogP contribution is -2.38. The molecule has 3 nitrogen and oxygen atoms in total. The van der Waals surface area contributed by atoms with E-state index in [1.54, 1.807) is 7.11 Å². The molecule has 1 atom stereocenters. The molecule has 0 saturated heterocycles. The van der Waals surface area contributed by atoms with Crippen molar-refractivity contribution in [3.63, 3.8) is 0 Å². The molecule has 1 N–H and O–H groups in total. The van der Waals surface area contributed by atoms with Crippen LogP contribution in [0.15, 0.2) is 24.3 Å². The molecular formula is C15H23Cl3N2O. The lowest BCUT2D eigenvalue weighted by atomic mass is 10.1. The van der Waals surface area contributed by atoms with E-state index in [2.05, 4.69) is 24.1 Å². The van der Waals surface area contributed by atoms with Crippen LogP contribution in [0.4, 0.5) is 0 Å². The molecular weight excluding hydrogens is 331 g/mol. The van der Waals surface area contributed by atoms with Crippen molar-refractivity contribution < 1.29 is 4.74 Å². The molecule has 0 aliphatic carbocycles. The van der Waals surface area contributed by atoms with Gasteiger partial charge in [0, 0.05) is 13.1 Å². The van der Waals surface area contributed by atoms with Gasteiger partial charge in [-0.25, -0.2) is 0 Å². The van der Waals surface area contributed by atoms with Crippen LogP contribution in [0, 0.1) is 0 Å². The first-order valence-electron chi connectivity index (χ1n) is 7.08. The van der Waals surface area contributed by atoms with Crippen LogP contribution < -0.4 is 10.1 Å². The Bertz CT molecular complexity index is 402. The molecule has 0 heterocycles. The van der Waals surface area contributed by atoms with Crippen LogP contribution in [0.3, 0.4) is 0 Å². The summed E-state index contributed by atoms with van der Waals surface area (Å²) in [6, 6.07) is 7.20. The zero-order valence-electron chi connectivity index (χ0n) is 12.7. The Labute approximate surface area is 142 Å². The SMILES string of the molecule is CCN(CC)CCN[C@H](c1ccc(OC)cc1)C(Cl)(Cl)Cl. The maximum Gasteiger partial charge on any atom is 0.209 e. The number of rotatable bonds is 8. The fourth-order valence-electron chi connectivity index (χ4n) is 2.13. The number of methoxy groups -OCH3 is 1. The minimum atomic E-state index is -1.40. The van der Waals surface area contributed by atoms with Gasteiger partial charge in [0.1, 0.15) is 5.75 Å². The fourth-order valence-corrected chi connectivity index (χ4v) is 2.74. The predicted molar refractivity (Wildman–Crippen MR) is 91.8 cm³/mol. The molecule has 0 fully saturated rings. The van der Waals surface area contributed by atoms with Crippen LogP contribution in [0.25, 0.3) is 0 Å². The number of halogens is 3. The Kier molecular flexibility index (Phi) is 8.14. The molecule has 0 aromatic heterocycles. The van der Waals surface area contributed by atoms with E-state index in [1.807, 2.05) is 24.3 Å². The first-order valence-corrected chi connectivity index (χ1v) is 8.22. The van der Waals surface area contributed by atoms with Gasteiger partial charge in [-0.2, -0.15) is 0 Å². The van der Waals surface area contributed by atoms with Crippen molar-refractivity contribution in [2.24, 2.45) is 0 Å². The molecule has 120 valence electrons. The van der Waals surface area contributed by atoms with Crippen LogP contribution in [-0.4, -0.2) is 42.0 Å². The van der Waals surface area contributed by atoms with Crippen LogP contribution >= 0.6 is 34.8 Å². The number of benzene rings is 1. The van der Waals surface area contributed by atoms with E-state index in [4.69, 9.17) is 39.5 Å². The highest BCUT2D eigenvalue weighted by atomic mass is 35.6. The molecule has 0 unspecified atom stereocenters. The summed E-state index contributed by atoms with van der Waals surface area (Å²) in [5.41, 5.74) is 0.926. The van der Waals surface area contributed by atoms with Crippen molar-refractivity contribution >= 4 is 34.8 Å². The van der Waals surface area contributed by atoms with E-state index >= 15 is 0 Å². The molecule has 0 aliphatic heterocycles. The largest absolute Gasteiger partial charge is 0.497 e. The van der Waals surface area contributed by atoms with Crippen molar-refractivity contribution in [3.8, 4) is 5.75 Å². The number of ether oxygens (including phenoxy) is 1. The fraction of sp³-hybridized carbons (Fsp3) is 0.600. The van der Waals surface area contributed by atoms with E-state index in [9.17, 15) is 0 Å². The number of nitrogens with one attached hydrogen (secondary N) is 1. The average Bonchev–Trinajstić information content (AvgIpc) is 2.46. The minimum Gasteiger partial charge on any atom is -0.497 e. The smallest absolute Gasteiger partial charge is 0.209 e. The second kappa shape index (κ2) is 9.06. The van der Waals surface area contributed by atoms with Gasteiger partial charge in [-0.05, 0) is 30.8 Å². The van der Waals surface area contributed by atoms with E-state index < -0.39 is 3.79 Å². The first-order chi connectivity index (χ1) is 9.92. The lowest BCUT2D eigenvalue weighted by Gasteiger charge is -2.27. The zero-order valence-corrected chi connectivity index (χ0v) is 15.0. The van der Waals surface area contributed by atoms with Gasteiger partial charge in [0.2, 0.25) is 3.79 Å². The highest BCUT2D eigenvalue weighted by molar-refractivity contribution is 6.68. The third kappa shape index (κ3) is 6.21. The van der Waals surface area contributed by atoms with Gasteiger partial charge in [-0.1, -0.05) is 60.8 Å². The van der Waals surface area contributed by atoms with E-state index in [-0.39, 0.29) is 6.04 Å². The summed E-state index contributed by atoms with van der Waals surface area (Å²) in [6.07, 6.45) is 0. The first kappa shape index (κ1) is 18.9. The number of likely N-dealkylation sites (N-methyl/N-ethyl adjacent to an activating group) is 1. The van der Waals surface area contributed by atoms with Gasteiger partial charge in [-0.3, -0.25) is 0 Å². The average molecular weight is 354 g/mol.